The molecule has 1 amide bonds. The van der Waals surface area contributed by atoms with Crippen LogP contribution in [-0.4, -0.2) is 44.0 Å². The Kier molecular flexibility index (Phi) is 7.55. The molecule has 2 atom stereocenters. The quantitative estimate of drug-likeness (QED) is 0.486. The molecule has 1 aromatic heterocycles. The van der Waals surface area contributed by atoms with E-state index in [1.807, 2.05) is 6.07 Å². The van der Waals surface area contributed by atoms with Crippen LogP contribution in [0, 0.1) is 0 Å². The number of carboxylic acid groups (broad SMARTS) is 1. The fourth-order valence-corrected chi connectivity index (χ4v) is 2.72. The molecule has 166 valence electrons. The van der Waals surface area contributed by atoms with Crippen LogP contribution in [0.25, 0.3) is 0 Å². The molecule has 0 spiro atoms. The Morgan fingerprint density at radius 3 is 2.06 bits per heavy atom. The molecule has 0 saturated carbocycles. The number of aliphatic carboxylic acids is 1. The smallest absolute Gasteiger partial charge is 0.419 e. The van der Waals surface area contributed by atoms with E-state index in [9.17, 15) is 24.6 Å². The largest absolute Gasteiger partial charge is 0.480 e. The molecule has 1 heterocycles. The van der Waals surface area contributed by atoms with Gasteiger partial charge in [0.25, 0.3) is 0 Å². The first-order chi connectivity index (χ1) is 15.4. The molecule has 32 heavy (non-hydrogen) atoms. The van der Waals surface area contributed by atoms with E-state index in [1.54, 1.807) is 54.6 Å². The molecule has 0 bridgehead atoms. The van der Waals surface area contributed by atoms with Crippen LogP contribution in [0.4, 0.5) is 9.59 Å². The van der Waals surface area contributed by atoms with Crippen molar-refractivity contribution in [1.82, 2.24) is 14.9 Å². The number of carboxylic acids is 1. The van der Waals surface area contributed by atoms with Gasteiger partial charge < -0.3 is 25.0 Å². The maximum Gasteiger partial charge on any atom is 0.419 e. The Bertz CT molecular complexity index is 1050. The molecule has 0 saturated heterocycles. The second-order valence-corrected chi connectivity index (χ2v) is 6.71. The van der Waals surface area contributed by atoms with Gasteiger partial charge >= 0.3 is 18.2 Å². The number of rotatable bonds is 8. The molecular formula is C22H21N3O7. The Morgan fingerprint density at radius 1 is 0.938 bits per heavy atom. The third-order valence-corrected chi connectivity index (χ3v) is 4.39. The third-order valence-electron chi connectivity index (χ3n) is 4.39. The number of aromatic nitrogens is 2. The number of nitrogens with zero attached hydrogens (tertiary/aromatic N) is 2. The van der Waals surface area contributed by atoms with Crippen LogP contribution in [0.3, 0.4) is 0 Å². The molecule has 10 heteroatoms. The molecule has 0 aliphatic rings. The fraction of sp³-hybridized carbons (Fsp3) is 0.182. The zero-order valence-electron chi connectivity index (χ0n) is 16.8. The number of carbonyl (C=O) groups excluding carboxylic acids is 2. The predicted octanol–water partition coefficient (Wildman–Crippen LogP) is 2.48. The van der Waals surface area contributed by atoms with Gasteiger partial charge in [-0.1, -0.05) is 60.7 Å². The van der Waals surface area contributed by atoms with Gasteiger partial charge in [0.15, 0.2) is 6.04 Å². The second-order valence-electron chi connectivity index (χ2n) is 6.71. The summed E-state index contributed by atoms with van der Waals surface area (Å²) in [5.74, 6) is -1.50. The van der Waals surface area contributed by atoms with Gasteiger partial charge in [-0.3, -0.25) is 0 Å². The van der Waals surface area contributed by atoms with E-state index in [4.69, 9.17) is 9.47 Å². The molecule has 2 aromatic carbocycles. The maximum absolute atomic E-state index is 12.2. The van der Waals surface area contributed by atoms with E-state index in [1.165, 1.54) is 0 Å². The normalized spacial score (nSPS) is 12.4. The number of hydrogen-bond acceptors (Lipinski definition) is 7. The Labute approximate surface area is 183 Å². The molecule has 0 aliphatic carbocycles. The van der Waals surface area contributed by atoms with Crippen LogP contribution in [0.1, 0.15) is 22.9 Å². The van der Waals surface area contributed by atoms with Gasteiger partial charge in [-0.2, -0.15) is 0 Å². The second kappa shape index (κ2) is 10.7. The molecule has 0 aliphatic heterocycles. The lowest BCUT2D eigenvalue weighted by Gasteiger charge is -2.18. The highest BCUT2D eigenvalue weighted by Gasteiger charge is 2.32. The van der Waals surface area contributed by atoms with Crippen molar-refractivity contribution >= 4 is 18.2 Å². The number of nitrogens with one attached hydrogen (secondary N) is 1. The SMILES string of the molecule is O=C(NC(C(=O)O)C(O)c1cn(C(=O)OCc2ccccc2)cn1)OCc1ccccc1. The highest BCUT2D eigenvalue weighted by Crippen LogP contribution is 2.16. The number of aliphatic hydroxyl groups excluding tert-OH is 1. The lowest BCUT2D eigenvalue weighted by molar-refractivity contribution is -0.142. The van der Waals surface area contributed by atoms with Gasteiger partial charge in [-0.25, -0.2) is 23.9 Å². The summed E-state index contributed by atoms with van der Waals surface area (Å²) in [4.78, 5) is 39.6. The highest BCUT2D eigenvalue weighted by molar-refractivity contribution is 5.80. The average molecular weight is 439 g/mol. The predicted molar refractivity (Wildman–Crippen MR) is 110 cm³/mol. The standard InChI is InChI=1S/C22H21N3O7/c26-19(18(20(27)28)24-21(29)31-12-15-7-3-1-4-8-15)17-11-25(14-23-17)22(30)32-13-16-9-5-2-6-10-16/h1-11,14,18-19,26H,12-13H2,(H,24,29)(H,27,28). The van der Waals surface area contributed by atoms with Crippen molar-refractivity contribution in [3.05, 3.63) is 90.0 Å². The van der Waals surface area contributed by atoms with Gasteiger partial charge in [-0.05, 0) is 11.1 Å². The van der Waals surface area contributed by atoms with Crippen molar-refractivity contribution in [3.8, 4) is 0 Å². The van der Waals surface area contributed by atoms with Crippen LogP contribution < -0.4 is 5.32 Å². The van der Waals surface area contributed by atoms with Gasteiger partial charge in [0.2, 0.25) is 0 Å². The number of amides is 1. The summed E-state index contributed by atoms with van der Waals surface area (Å²) >= 11 is 0. The van der Waals surface area contributed by atoms with Crippen molar-refractivity contribution in [2.75, 3.05) is 0 Å². The van der Waals surface area contributed by atoms with Crippen molar-refractivity contribution < 1.29 is 34.1 Å². The van der Waals surface area contributed by atoms with E-state index in [0.717, 1.165) is 22.7 Å². The minimum atomic E-state index is -1.75. The van der Waals surface area contributed by atoms with E-state index in [-0.39, 0.29) is 18.9 Å². The average Bonchev–Trinajstić information content (AvgIpc) is 3.31. The number of carbonyl (C=O) groups is 3. The summed E-state index contributed by atoms with van der Waals surface area (Å²) in [5, 5.41) is 21.9. The molecule has 3 N–H and O–H groups in total. The summed E-state index contributed by atoms with van der Waals surface area (Å²) in [6.45, 7) is -0.0424. The minimum Gasteiger partial charge on any atom is -0.480 e. The summed E-state index contributed by atoms with van der Waals surface area (Å²) in [6.07, 6.45) is -1.31. The van der Waals surface area contributed by atoms with E-state index in [0.29, 0.717) is 5.56 Å². The molecule has 0 radical (unpaired) electrons. The zero-order valence-corrected chi connectivity index (χ0v) is 16.8. The molecule has 3 rings (SSSR count). The van der Waals surface area contributed by atoms with Crippen LogP contribution in [0.2, 0.25) is 0 Å². The lowest BCUT2D eigenvalue weighted by atomic mass is 10.1. The number of aliphatic hydroxyl groups is 1. The first kappa shape index (κ1) is 22.5. The van der Waals surface area contributed by atoms with E-state index >= 15 is 0 Å². The highest BCUT2D eigenvalue weighted by atomic mass is 16.6. The first-order valence-electron chi connectivity index (χ1n) is 9.57. The van der Waals surface area contributed by atoms with E-state index in [2.05, 4.69) is 10.3 Å². The van der Waals surface area contributed by atoms with Crippen LogP contribution in [0.15, 0.2) is 73.2 Å². The van der Waals surface area contributed by atoms with Crippen LogP contribution >= 0.6 is 0 Å². The van der Waals surface area contributed by atoms with Gasteiger partial charge in [-0.15, -0.1) is 0 Å². The van der Waals surface area contributed by atoms with Crippen molar-refractivity contribution in [2.45, 2.75) is 25.4 Å². The fourth-order valence-electron chi connectivity index (χ4n) is 2.72. The topological polar surface area (TPSA) is 140 Å². The molecular weight excluding hydrogens is 418 g/mol. The molecule has 3 aromatic rings. The van der Waals surface area contributed by atoms with Crippen molar-refractivity contribution in [3.63, 3.8) is 0 Å². The van der Waals surface area contributed by atoms with Crippen molar-refractivity contribution in [2.24, 2.45) is 0 Å². The van der Waals surface area contributed by atoms with Crippen molar-refractivity contribution in [1.29, 1.82) is 0 Å². The van der Waals surface area contributed by atoms with Gasteiger partial charge in [0.1, 0.15) is 25.6 Å². The third kappa shape index (κ3) is 6.16. The summed E-state index contributed by atoms with van der Waals surface area (Å²) in [7, 11) is 0. The number of ether oxygens (including phenoxy) is 2. The Morgan fingerprint density at radius 2 is 1.50 bits per heavy atom. The number of hydrogen-bond donors (Lipinski definition) is 3. The maximum atomic E-state index is 12.2. The zero-order chi connectivity index (χ0) is 22.9. The summed E-state index contributed by atoms with van der Waals surface area (Å²) in [5.41, 5.74) is 1.35. The van der Waals surface area contributed by atoms with Crippen LogP contribution in [-0.2, 0) is 27.5 Å². The number of benzene rings is 2. The summed E-state index contributed by atoms with van der Waals surface area (Å²) < 4.78 is 11.1. The van der Waals surface area contributed by atoms with Gasteiger partial charge in [0, 0.05) is 6.20 Å². The van der Waals surface area contributed by atoms with Gasteiger partial charge in [0.05, 0.1) is 5.69 Å². The summed E-state index contributed by atoms with van der Waals surface area (Å²) in [6, 6.07) is 16.1. The number of imidazole rings is 1. The monoisotopic (exact) mass is 439 g/mol. The molecule has 2 unspecified atom stereocenters. The van der Waals surface area contributed by atoms with E-state index < -0.39 is 30.3 Å². The van der Waals surface area contributed by atoms with Crippen LogP contribution in [0.5, 0.6) is 0 Å². The molecule has 10 nitrogen and oxygen atoms in total. The minimum absolute atomic E-state index is 0.0301. The number of alkyl carbamates (subject to hydrolysis) is 1. The Balaban J connectivity index is 1.58. The lowest BCUT2D eigenvalue weighted by Crippen LogP contribution is -2.45. The first-order valence-corrected chi connectivity index (χ1v) is 9.57. The Hall–Kier alpha value is -4.18. The molecule has 0 fully saturated rings.